The van der Waals surface area contributed by atoms with Crippen LogP contribution in [0.4, 0.5) is 0 Å². The number of piperazine rings is 1. The van der Waals surface area contributed by atoms with Gasteiger partial charge >= 0.3 is 0 Å². The Bertz CT molecular complexity index is 233. The summed E-state index contributed by atoms with van der Waals surface area (Å²) in [6, 6.07) is 0. The standard InChI is InChI=1S/C12H20N2/c1-4-6-7-12(5-2)14-10-8-13(3)9-11-14/h4-7H,2,8-11H2,1,3H3/b6-4-,12-7+. The normalized spacial score (nSPS) is 20.4. The third kappa shape index (κ3) is 3.04. The number of likely N-dealkylation sites (N-methyl/N-ethyl adjacent to an activating group) is 1. The van der Waals surface area contributed by atoms with Gasteiger partial charge in [0.25, 0.3) is 0 Å². The van der Waals surface area contributed by atoms with Gasteiger partial charge in [-0.15, -0.1) is 0 Å². The molecule has 0 atom stereocenters. The van der Waals surface area contributed by atoms with E-state index < -0.39 is 0 Å². The molecule has 1 aliphatic rings. The lowest BCUT2D eigenvalue weighted by Crippen LogP contribution is -2.43. The second-order valence-electron chi connectivity index (χ2n) is 3.61. The van der Waals surface area contributed by atoms with Crippen LogP contribution in [-0.2, 0) is 0 Å². The smallest absolute Gasteiger partial charge is 0.0361 e. The quantitative estimate of drug-likeness (QED) is 0.630. The molecule has 1 aliphatic heterocycles. The van der Waals surface area contributed by atoms with Crippen LogP contribution in [0.2, 0.25) is 0 Å². The van der Waals surface area contributed by atoms with Gasteiger partial charge < -0.3 is 9.80 Å². The van der Waals surface area contributed by atoms with Crippen molar-refractivity contribution in [2.75, 3.05) is 33.2 Å². The first-order chi connectivity index (χ1) is 6.77. The third-order valence-corrected chi connectivity index (χ3v) is 2.54. The van der Waals surface area contributed by atoms with Gasteiger partial charge in [-0.05, 0) is 26.1 Å². The summed E-state index contributed by atoms with van der Waals surface area (Å²) >= 11 is 0. The van der Waals surface area contributed by atoms with Crippen molar-refractivity contribution < 1.29 is 0 Å². The molecule has 2 nitrogen and oxygen atoms in total. The minimum absolute atomic E-state index is 1.10. The molecule has 0 spiro atoms. The second-order valence-corrected chi connectivity index (χ2v) is 3.61. The Hall–Kier alpha value is -1.02. The molecular formula is C12H20N2. The number of rotatable bonds is 3. The van der Waals surface area contributed by atoms with Gasteiger partial charge in [-0.1, -0.05) is 18.7 Å². The van der Waals surface area contributed by atoms with Crippen molar-refractivity contribution in [3.63, 3.8) is 0 Å². The summed E-state index contributed by atoms with van der Waals surface area (Å²) in [7, 11) is 2.17. The summed E-state index contributed by atoms with van der Waals surface area (Å²) in [5, 5.41) is 0. The lowest BCUT2D eigenvalue weighted by atomic mass is 10.2. The van der Waals surface area contributed by atoms with E-state index in [1.807, 2.05) is 19.1 Å². The van der Waals surface area contributed by atoms with Gasteiger partial charge in [-0.2, -0.15) is 0 Å². The predicted octanol–water partition coefficient (Wildman–Crippen LogP) is 1.88. The van der Waals surface area contributed by atoms with Crippen LogP contribution in [0.5, 0.6) is 0 Å². The summed E-state index contributed by atoms with van der Waals surface area (Å²) < 4.78 is 0. The molecule has 1 saturated heterocycles. The number of allylic oxidation sites excluding steroid dienone is 4. The molecular weight excluding hydrogens is 172 g/mol. The highest BCUT2D eigenvalue weighted by molar-refractivity contribution is 5.21. The predicted molar refractivity (Wildman–Crippen MR) is 62.2 cm³/mol. The largest absolute Gasteiger partial charge is 0.369 e. The van der Waals surface area contributed by atoms with Crippen molar-refractivity contribution in [3.8, 4) is 0 Å². The lowest BCUT2D eigenvalue weighted by molar-refractivity contribution is 0.190. The van der Waals surface area contributed by atoms with Crippen LogP contribution < -0.4 is 0 Å². The molecule has 2 heteroatoms. The van der Waals surface area contributed by atoms with E-state index in [-0.39, 0.29) is 0 Å². The molecule has 0 aromatic rings. The Morgan fingerprint density at radius 1 is 1.21 bits per heavy atom. The zero-order valence-electron chi connectivity index (χ0n) is 9.24. The Morgan fingerprint density at radius 2 is 1.86 bits per heavy atom. The van der Waals surface area contributed by atoms with Crippen LogP contribution >= 0.6 is 0 Å². The third-order valence-electron chi connectivity index (χ3n) is 2.54. The molecule has 0 bridgehead atoms. The second kappa shape index (κ2) is 5.66. The van der Waals surface area contributed by atoms with Crippen molar-refractivity contribution in [3.05, 3.63) is 36.6 Å². The molecule has 0 N–H and O–H groups in total. The van der Waals surface area contributed by atoms with Gasteiger partial charge in [0, 0.05) is 31.9 Å². The van der Waals surface area contributed by atoms with E-state index >= 15 is 0 Å². The van der Waals surface area contributed by atoms with Crippen molar-refractivity contribution in [1.82, 2.24) is 9.80 Å². The highest BCUT2D eigenvalue weighted by Crippen LogP contribution is 2.09. The molecule has 14 heavy (non-hydrogen) atoms. The highest BCUT2D eigenvalue weighted by atomic mass is 15.2. The molecule has 0 amide bonds. The number of nitrogens with zero attached hydrogens (tertiary/aromatic N) is 2. The van der Waals surface area contributed by atoms with Crippen LogP contribution in [0.25, 0.3) is 0 Å². The fourth-order valence-electron chi connectivity index (χ4n) is 1.56. The van der Waals surface area contributed by atoms with Gasteiger partial charge in [0.2, 0.25) is 0 Å². The van der Waals surface area contributed by atoms with E-state index in [1.54, 1.807) is 0 Å². The average Bonchev–Trinajstić information content (AvgIpc) is 2.21. The van der Waals surface area contributed by atoms with E-state index in [0.29, 0.717) is 0 Å². The topological polar surface area (TPSA) is 6.48 Å². The summed E-state index contributed by atoms with van der Waals surface area (Å²) in [6.45, 7) is 10.4. The van der Waals surface area contributed by atoms with E-state index in [1.165, 1.54) is 5.70 Å². The fraction of sp³-hybridized carbons (Fsp3) is 0.500. The minimum atomic E-state index is 1.10. The maximum atomic E-state index is 3.85. The van der Waals surface area contributed by atoms with E-state index in [2.05, 4.69) is 35.6 Å². The van der Waals surface area contributed by atoms with Crippen LogP contribution in [0.3, 0.4) is 0 Å². The maximum Gasteiger partial charge on any atom is 0.0361 e. The lowest BCUT2D eigenvalue weighted by Gasteiger charge is -2.34. The minimum Gasteiger partial charge on any atom is -0.369 e. The van der Waals surface area contributed by atoms with Crippen LogP contribution in [0, 0.1) is 0 Å². The molecule has 0 radical (unpaired) electrons. The monoisotopic (exact) mass is 192 g/mol. The molecule has 0 aliphatic carbocycles. The van der Waals surface area contributed by atoms with Crippen LogP contribution in [0.1, 0.15) is 6.92 Å². The first-order valence-electron chi connectivity index (χ1n) is 5.17. The molecule has 1 heterocycles. The van der Waals surface area contributed by atoms with Crippen molar-refractivity contribution >= 4 is 0 Å². The average molecular weight is 192 g/mol. The van der Waals surface area contributed by atoms with E-state index in [4.69, 9.17) is 0 Å². The Morgan fingerprint density at radius 3 is 2.36 bits per heavy atom. The van der Waals surface area contributed by atoms with Gasteiger partial charge in [0.1, 0.15) is 0 Å². The van der Waals surface area contributed by atoms with E-state index in [0.717, 1.165) is 26.2 Å². The molecule has 1 fully saturated rings. The van der Waals surface area contributed by atoms with Gasteiger partial charge in [0.15, 0.2) is 0 Å². The summed E-state index contributed by atoms with van der Waals surface area (Å²) in [6.07, 6.45) is 8.17. The highest BCUT2D eigenvalue weighted by Gasteiger charge is 2.13. The molecule has 0 saturated carbocycles. The van der Waals surface area contributed by atoms with Gasteiger partial charge in [-0.25, -0.2) is 0 Å². The first kappa shape index (κ1) is 11.1. The van der Waals surface area contributed by atoms with Gasteiger partial charge in [0.05, 0.1) is 0 Å². The number of hydrogen-bond acceptors (Lipinski definition) is 2. The Balaban J connectivity index is 2.57. The zero-order valence-corrected chi connectivity index (χ0v) is 9.24. The summed E-state index contributed by atoms with van der Waals surface area (Å²) in [5.41, 5.74) is 1.23. The molecule has 0 aromatic heterocycles. The Kier molecular flexibility index (Phi) is 4.47. The summed E-state index contributed by atoms with van der Waals surface area (Å²) in [4.78, 5) is 4.74. The SMILES string of the molecule is C=C/C(=C\C=C/C)N1CCN(C)CC1. The fourth-order valence-corrected chi connectivity index (χ4v) is 1.56. The van der Waals surface area contributed by atoms with Gasteiger partial charge in [-0.3, -0.25) is 0 Å². The van der Waals surface area contributed by atoms with Crippen molar-refractivity contribution in [2.45, 2.75) is 6.92 Å². The summed E-state index contributed by atoms with van der Waals surface area (Å²) in [5.74, 6) is 0. The first-order valence-corrected chi connectivity index (χ1v) is 5.17. The Labute approximate surface area is 87.2 Å². The van der Waals surface area contributed by atoms with Crippen LogP contribution in [0.15, 0.2) is 36.6 Å². The molecule has 0 unspecified atom stereocenters. The van der Waals surface area contributed by atoms with Crippen molar-refractivity contribution in [2.24, 2.45) is 0 Å². The molecule has 0 aromatic carbocycles. The maximum absolute atomic E-state index is 3.85. The number of hydrogen-bond donors (Lipinski definition) is 0. The zero-order chi connectivity index (χ0) is 10.4. The molecule has 1 rings (SSSR count). The van der Waals surface area contributed by atoms with E-state index in [9.17, 15) is 0 Å². The molecule has 78 valence electrons. The van der Waals surface area contributed by atoms with Crippen LogP contribution in [-0.4, -0.2) is 43.0 Å². The van der Waals surface area contributed by atoms with Crippen molar-refractivity contribution in [1.29, 1.82) is 0 Å².